The van der Waals surface area contributed by atoms with Crippen molar-refractivity contribution in [3.05, 3.63) is 69.9 Å². The average molecular weight is 458 g/mol. The molecular weight excluding hydrogens is 438 g/mol. The molecular formula is C22H20ClN3O4S. The Balaban J connectivity index is 1.70. The van der Waals surface area contributed by atoms with E-state index in [0.717, 1.165) is 11.1 Å². The summed E-state index contributed by atoms with van der Waals surface area (Å²) in [7, 11) is -3.19. The topological polar surface area (TPSA) is 103 Å². The molecule has 0 spiro atoms. The van der Waals surface area contributed by atoms with Crippen LogP contribution >= 0.6 is 11.6 Å². The van der Waals surface area contributed by atoms with Gasteiger partial charge in [0, 0.05) is 22.2 Å². The van der Waals surface area contributed by atoms with Crippen LogP contribution < -0.4 is 0 Å². The molecule has 3 aromatic rings. The minimum Gasteiger partial charge on any atom is -0.507 e. The first-order valence-electron chi connectivity index (χ1n) is 9.92. The Kier molecular flexibility index (Phi) is 4.60. The fraction of sp³-hybridized carbons (Fsp3) is 0.273. The van der Waals surface area contributed by atoms with Gasteiger partial charge in [0.2, 0.25) is 0 Å². The van der Waals surface area contributed by atoms with Gasteiger partial charge in [-0.1, -0.05) is 41.4 Å². The smallest absolute Gasteiger partial charge is 0.273 e. The first-order chi connectivity index (χ1) is 14.7. The highest BCUT2D eigenvalue weighted by atomic mass is 35.5. The number of hydrogen-bond acceptors (Lipinski definition) is 5. The average Bonchev–Trinajstić information content (AvgIpc) is 3.38. The molecule has 0 saturated carbocycles. The third-order valence-electron chi connectivity index (χ3n) is 6.01. The number of halogens is 1. The van der Waals surface area contributed by atoms with Crippen molar-refractivity contribution in [3.8, 4) is 17.0 Å². The van der Waals surface area contributed by atoms with E-state index < -0.39 is 21.9 Å². The molecule has 0 bridgehead atoms. The van der Waals surface area contributed by atoms with Crippen molar-refractivity contribution in [3.63, 3.8) is 0 Å². The van der Waals surface area contributed by atoms with E-state index in [1.54, 1.807) is 17.0 Å². The first-order valence-corrected chi connectivity index (χ1v) is 12.1. The lowest BCUT2D eigenvalue weighted by atomic mass is 9.94. The number of rotatable bonds is 3. The summed E-state index contributed by atoms with van der Waals surface area (Å²) in [6, 6.07) is 11.5. The van der Waals surface area contributed by atoms with Crippen LogP contribution in [0.1, 0.15) is 39.6 Å². The van der Waals surface area contributed by atoms with Gasteiger partial charge in [0.1, 0.15) is 17.1 Å². The number of amides is 1. The number of fused-ring (bicyclic) bond motifs is 1. The van der Waals surface area contributed by atoms with Gasteiger partial charge in [-0.3, -0.25) is 9.89 Å². The molecule has 2 atom stereocenters. The molecule has 2 aliphatic rings. The number of benzene rings is 2. The summed E-state index contributed by atoms with van der Waals surface area (Å²) in [5.41, 5.74) is 3.70. The summed E-state index contributed by atoms with van der Waals surface area (Å²) >= 11 is 6.15. The van der Waals surface area contributed by atoms with Gasteiger partial charge >= 0.3 is 0 Å². The van der Waals surface area contributed by atoms with Crippen molar-refractivity contribution in [1.82, 2.24) is 15.1 Å². The van der Waals surface area contributed by atoms with Crippen LogP contribution in [0.4, 0.5) is 0 Å². The summed E-state index contributed by atoms with van der Waals surface area (Å²) < 4.78 is 24.3. The van der Waals surface area contributed by atoms with E-state index in [1.807, 2.05) is 31.2 Å². The Bertz CT molecular complexity index is 1300. The standard InChI is InChI=1S/C22H20ClN3O4S/c1-12-2-4-13(5-3-12)21-18-19(16-10-14(23)6-7-17(16)27)24-25-20(18)22(28)26(21)15-8-9-31(29,30)11-15/h2-7,10,15,21,27H,8-9,11H2,1H3,(H,24,25). The van der Waals surface area contributed by atoms with Crippen molar-refractivity contribution in [2.24, 2.45) is 0 Å². The number of nitrogens with one attached hydrogen (secondary N) is 1. The Morgan fingerprint density at radius 1 is 1.19 bits per heavy atom. The molecule has 3 heterocycles. The van der Waals surface area contributed by atoms with Gasteiger partial charge < -0.3 is 10.0 Å². The minimum absolute atomic E-state index is 0.00398. The fourth-order valence-corrected chi connectivity index (χ4v) is 6.40. The molecule has 7 nitrogen and oxygen atoms in total. The molecule has 2 aliphatic heterocycles. The molecule has 1 aromatic heterocycles. The largest absolute Gasteiger partial charge is 0.507 e. The fourth-order valence-electron chi connectivity index (χ4n) is 4.52. The molecule has 2 N–H and O–H groups in total. The number of hydrogen-bond donors (Lipinski definition) is 2. The van der Waals surface area contributed by atoms with E-state index in [-0.39, 0.29) is 23.2 Å². The Morgan fingerprint density at radius 3 is 2.61 bits per heavy atom. The van der Waals surface area contributed by atoms with Crippen molar-refractivity contribution in [2.45, 2.75) is 25.4 Å². The number of carbonyl (C=O) groups is 1. The van der Waals surface area contributed by atoms with Crippen LogP contribution in [-0.2, 0) is 9.84 Å². The van der Waals surface area contributed by atoms with Gasteiger partial charge in [0.15, 0.2) is 9.84 Å². The van der Waals surface area contributed by atoms with E-state index in [9.17, 15) is 18.3 Å². The lowest BCUT2D eigenvalue weighted by Gasteiger charge is -2.31. The van der Waals surface area contributed by atoms with Crippen LogP contribution in [0.15, 0.2) is 42.5 Å². The van der Waals surface area contributed by atoms with Crippen LogP contribution in [0.3, 0.4) is 0 Å². The second-order valence-electron chi connectivity index (χ2n) is 8.10. The monoisotopic (exact) mass is 457 g/mol. The normalized spacial score (nSPS) is 22.1. The molecule has 1 fully saturated rings. The van der Waals surface area contributed by atoms with Crippen LogP contribution in [0.2, 0.25) is 5.02 Å². The SMILES string of the molecule is Cc1ccc(C2c3c(-c4cc(Cl)ccc4O)n[nH]c3C(=O)N2C2CCS(=O)(=O)C2)cc1. The highest BCUT2D eigenvalue weighted by molar-refractivity contribution is 7.91. The van der Waals surface area contributed by atoms with Crippen LogP contribution in [0, 0.1) is 6.92 Å². The van der Waals surface area contributed by atoms with Crippen LogP contribution in [-0.4, -0.2) is 52.1 Å². The third kappa shape index (κ3) is 3.30. The summed E-state index contributed by atoms with van der Waals surface area (Å²) in [6.07, 6.45) is 0.395. The molecule has 1 amide bonds. The zero-order valence-corrected chi connectivity index (χ0v) is 18.2. The second-order valence-corrected chi connectivity index (χ2v) is 10.8. The van der Waals surface area contributed by atoms with Crippen LogP contribution in [0.25, 0.3) is 11.3 Å². The van der Waals surface area contributed by atoms with E-state index in [2.05, 4.69) is 10.2 Å². The second kappa shape index (κ2) is 7.10. The van der Waals surface area contributed by atoms with Crippen molar-refractivity contribution >= 4 is 27.3 Å². The van der Waals surface area contributed by atoms with Crippen molar-refractivity contribution in [1.29, 1.82) is 0 Å². The van der Waals surface area contributed by atoms with Gasteiger partial charge in [0.25, 0.3) is 5.91 Å². The number of H-pyrrole nitrogens is 1. The van der Waals surface area contributed by atoms with E-state index in [4.69, 9.17) is 11.6 Å². The molecule has 5 rings (SSSR count). The summed E-state index contributed by atoms with van der Waals surface area (Å²) in [5.74, 6) is -0.286. The predicted molar refractivity (Wildman–Crippen MR) is 117 cm³/mol. The molecule has 0 aliphatic carbocycles. The number of aryl methyl sites for hydroxylation is 1. The summed E-state index contributed by atoms with van der Waals surface area (Å²) in [6.45, 7) is 1.98. The van der Waals surface area contributed by atoms with Gasteiger partial charge in [-0.05, 0) is 37.1 Å². The summed E-state index contributed by atoms with van der Waals surface area (Å²) in [4.78, 5) is 15.1. The molecule has 160 valence electrons. The highest BCUT2D eigenvalue weighted by Gasteiger charge is 2.48. The Labute approximate surface area is 184 Å². The number of phenols is 1. The third-order valence-corrected chi connectivity index (χ3v) is 8.00. The number of aromatic hydroxyl groups is 1. The molecule has 1 saturated heterocycles. The molecule has 31 heavy (non-hydrogen) atoms. The van der Waals surface area contributed by atoms with E-state index in [0.29, 0.717) is 34.0 Å². The Morgan fingerprint density at radius 2 is 1.94 bits per heavy atom. The first kappa shape index (κ1) is 20.1. The van der Waals surface area contributed by atoms with E-state index in [1.165, 1.54) is 6.07 Å². The zero-order valence-electron chi connectivity index (χ0n) is 16.7. The maximum atomic E-state index is 13.4. The quantitative estimate of drug-likeness (QED) is 0.626. The maximum absolute atomic E-state index is 13.4. The minimum atomic E-state index is -3.19. The van der Waals surface area contributed by atoms with Gasteiger partial charge in [0.05, 0.1) is 17.5 Å². The van der Waals surface area contributed by atoms with Gasteiger partial charge in [-0.25, -0.2) is 8.42 Å². The number of nitrogens with zero attached hydrogens (tertiary/aromatic N) is 2. The highest BCUT2D eigenvalue weighted by Crippen LogP contribution is 2.46. The maximum Gasteiger partial charge on any atom is 0.273 e. The predicted octanol–water partition coefficient (Wildman–Crippen LogP) is 3.48. The van der Waals surface area contributed by atoms with Crippen LogP contribution in [0.5, 0.6) is 5.75 Å². The van der Waals surface area contributed by atoms with E-state index >= 15 is 0 Å². The zero-order chi connectivity index (χ0) is 21.9. The lowest BCUT2D eigenvalue weighted by Crippen LogP contribution is -2.40. The Hall–Kier alpha value is -2.84. The number of aromatic nitrogens is 2. The molecule has 0 radical (unpaired) electrons. The number of carbonyl (C=O) groups excluding carboxylic acids is 1. The lowest BCUT2D eigenvalue weighted by molar-refractivity contribution is 0.0678. The molecule has 9 heteroatoms. The number of phenolic OH excluding ortho intramolecular Hbond substituents is 1. The summed E-state index contributed by atoms with van der Waals surface area (Å²) in [5, 5.41) is 18.0. The van der Waals surface area contributed by atoms with Crippen molar-refractivity contribution in [2.75, 3.05) is 11.5 Å². The molecule has 2 aromatic carbocycles. The number of sulfone groups is 1. The van der Waals surface area contributed by atoms with Gasteiger partial charge in [-0.2, -0.15) is 5.10 Å². The van der Waals surface area contributed by atoms with Gasteiger partial charge in [-0.15, -0.1) is 0 Å². The van der Waals surface area contributed by atoms with Crippen molar-refractivity contribution < 1.29 is 18.3 Å². The number of aromatic amines is 1. The molecule has 2 unspecified atom stereocenters.